The van der Waals surface area contributed by atoms with Crippen LogP contribution in [0.1, 0.15) is 30.7 Å². The van der Waals surface area contributed by atoms with Crippen LogP contribution in [-0.2, 0) is 9.53 Å². The quantitative estimate of drug-likeness (QED) is 0.912. The molecule has 1 aromatic rings. The summed E-state index contributed by atoms with van der Waals surface area (Å²) in [6.45, 7) is 0.709. The Morgan fingerprint density at radius 2 is 2.33 bits per heavy atom. The molecule has 1 N–H and O–H groups in total. The van der Waals surface area contributed by atoms with E-state index in [2.05, 4.69) is 11.4 Å². The van der Waals surface area contributed by atoms with Crippen molar-refractivity contribution in [2.45, 2.75) is 37.3 Å². The van der Waals surface area contributed by atoms with Gasteiger partial charge in [0, 0.05) is 23.6 Å². The average Bonchev–Trinajstić information content (AvgIpc) is 2.91. The van der Waals surface area contributed by atoms with Crippen molar-refractivity contribution >= 4 is 17.5 Å². The Kier molecular flexibility index (Phi) is 3.27. The van der Waals surface area contributed by atoms with Gasteiger partial charge < -0.3 is 10.1 Å². The van der Waals surface area contributed by atoms with Gasteiger partial charge in [0.05, 0.1) is 0 Å². The summed E-state index contributed by atoms with van der Waals surface area (Å²) in [5, 5.41) is 3.81. The topological polar surface area (TPSA) is 38.3 Å². The number of halogens is 1. The lowest BCUT2D eigenvalue weighted by Gasteiger charge is -2.10. The van der Waals surface area contributed by atoms with Crippen LogP contribution < -0.4 is 5.32 Å². The van der Waals surface area contributed by atoms with Crippen LogP contribution in [0.4, 0.5) is 0 Å². The third-order valence-corrected chi connectivity index (χ3v) is 3.85. The van der Waals surface area contributed by atoms with Crippen molar-refractivity contribution in [3.8, 4) is 0 Å². The second-order valence-corrected chi connectivity index (χ2v) is 5.45. The fraction of sp³-hybridized carbons (Fsp3) is 0.500. The zero-order chi connectivity index (χ0) is 12.5. The normalized spacial score (nSPS) is 30.2. The van der Waals surface area contributed by atoms with Crippen LogP contribution in [0.3, 0.4) is 0 Å². The first kappa shape index (κ1) is 12.0. The number of hydrogen-bond acceptors (Lipinski definition) is 2. The van der Waals surface area contributed by atoms with E-state index in [-0.39, 0.29) is 18.1 Å². The van der Waals surface area contributed by atoms with Crippen LogP contribution >= 0.6 is 11.6 Å². The Labute approximate surface area is 111 Å². The third kappa shape index (κ3) is 2.52. The number of ether oxygens (including phenoxy) is 1. The van der Waals surface area contributed by atoms with Crippen molar-refractivity contribution in [3.63, 3.8) is 0 Å². The molecule has 0 spiro atoms. The SMILES string of the molecule is O=C(N[C@@H]1C[C@H]1c1cccc(Cl)c1)[C@H]1CCCO1. The predicted molar refractivity (Wildman–Crippen MR) is 69.7 cm³/mol. The van der Waals surface area contributed by atoms with Crippen LogP contribution in [0.15, 0.2) is 24.3 Å². The minimum atomic E-state index is -0.231. The Morgan fingerprint density at radius 1 is 1.44 bits per heavy atom. The first-order valence-electron chi connectivity index (χ1n) is 6.41. The number of rotatable bonds is 3. The molecule has 1 aromatic carbocycles. The molecule has 1 saturated carbocycles. The molecule has 0 bridgehead atoms. The summed E-state index contributed by atoms with van der Waals surface area (Å²) >= 11 is 5.97. The van der Waals surface area contributed by atoms with E-state index < -0.39 is 0 Å². The molecule has 3 nitrogen and oxygen atoms in total. The molecule has 1 saturated heterocycles. The maximum absolute atomic E-state index is 11.9. The van der Waals surface area contributed by atoms with Crippen LogP contribution in [0.2, 0.25) is 5.02 Å². The number of carbonyl (C=O) groups excluding carboxylic acids is 1. The minimum Gasteiger partial charge on any atom is -0.368 e. The molecule has 3 atom stereocenters. The van der Waals surface area contributed by atoms with Crippen molar-refractivity contribution in [3.05, 3.63) is 34.9 Å². The first-order chi connectivity index (χ1) is 8.74. The molecule has 1 heterocycles. The molecule has 1 aliphatic heterocycles. The molecule has 96 valence electrons. The van der Waals surface area contributed by atoms with E-state index >= 15 is 0 Å². The number of hydrogen-bond donors (Lipinski definition) is 1. The summed E-state index contributed by atoms with van der Waals surface area (Å²) in [6.07, 6.45) is 2.60. The molecule has 1 amide bonds. The van der Waals surface area contributed by atoms with E-state index in [1.807, 2.05) is 18.2 Å². The van der Waals surface area contributed by atoms with Gasteiger partial charge in [-0.15, -0.1) is 0 Å². The van der Waals surface area contributed by atoms with Gasteiger partial charge in [-0.3, -0.25) is 4.79 Å². The Bertz CT molecular complexity index is 457. The zero-order valence-electron chi connectivity index (χ0n) is 10.1. The molecule has 0 aromatic heterocycles. The summed E-state index contributed by atoms with van der Waals surface area (Å²) in [6, 6.07) is 8.11. The highest BCUT2D eigenvalue weighted by molar-refractivity contribution is 6.30. The molecule has 2 fully saturated rings. The van der Waals surface area contributed by atoms with Gasteiger partial charge >= 0.3 is 0 Å². The summed E-state index contributed by atoms with van der Waals surface area (Å²) in [4.78, 5) is 11.9. The standard InChI is InChI=1S/C14H16ClNO2/c15-10-4-1-3-9(7-10)11-8-12(11)16-14(17)13-5-2-6-18-13/h1,3-4,7,11-13H,2,5-6,8H2,(H,16,17)/t11-,12+,13+/m0/s1. The van der Waals surface area contributed by atoms with Gasteiger partial charge in [0.2, 0.25) is 5.91 Å². The van der Waals surface area contributed by atoms with E-state index in [9.17, 15) is 4.79 Å². The average molecular weight is 266 g/mol. The smallest absolute Gasteiger partial charge is 0.249 e. The molecule has 0 unspecified atom stereocenters. The molecule has 4 heteroatoms. The zero-order valence-corrected chi connectivity index (χ0v) is 10.8. The number of nitrogens with one attached hydrogen (secondary N) is 1. The van der Waals surface area contributed by atoms with Crippen molar-refractivity contribution < 1.29 is 9.53 Å². The fourth-order valence-corrected chi connectivity index (χ4v) is 2.72. The van der Waals surface area contributed by atoms with E-state index in [0.717, 1.165) is 24.3 Å². The third-order valence-electron chi connectivity index (χ3n) is 3.62. The van der Waals surface area contributed by atoms with Gasteiger partial charge in [-0.05, 0) is 37.0 Å². The molecule has 0 radical (unpaired) electrons. The molecule has 18 heavy (non-hydrogen) atoms. The van der Waals surface area contributed by atoms with E-state index in [1.165, 1.54) is 5.56 Å². The number of carbonyl (C=O) groups is 1. The fourth-order valence-electron chi connectivity index (χ4n) is 2.52. The second kappa shape index (κ2) is 4.90. The van der Waals surface area contributed by atoms with Gasteiger partial charge in [-0.2, -0.15) is 0 Å². The van der Waals surface area contributed by atoms with Crippen LogP contribution in [0.5, 0.6) is 0 Å². The molecule has 1 aliphatic carbocycles. The molecule has 2 aliphatic rings. The Balaban J connectivity index is 1.56. The van der Waals surface area contributed by atoms with Gasteiger partial charge in [0.15, 0.2) is 0 Å². The van der Waals surface area contributed by atoms with Crippen molar-refractivity contribution in [1.29, 1.82) is 0 Å². The molecular formula is C14H16ClNO2. The van der Waals surface area contributed by atoms with Crippen LogP contribution in [0, 0.1) is 0 Å². The Hall–Kier alpha value is -1.06. The van der Waals surface area contributed by atoms with Gasteiger partial charge in [0.25, 0.3) is 0 Å². The highest BCUT2D eigenvalue weighted by Gasteiger charge is 2.40. The maximum atomic E-state index is 11.9. The first-order valence-corrected chi connectivity index (χ1v) is 6.79. The van der Waals surface area contributed by atoms with Gasteiger partial charge in [0.1, 0.15) is 6.10 Å². The van der Waals surface area contributed by atoms with Gasteiger partial charge in [-0.25, -0.2) is 0 Å². The van der Waals surface area contributed by atoms with E-state index in [4.69, 9.17) is 16.3 Å². The largest absolute Gasteiger partial charge is 0.368 e. The summed E-state index contributed by atoms with van der Waals surface area (Å²) in [5.41, 5.74) is 1.21. The van der Waals surface area contributed by atoms with Crippen LogP contribution in [0.25, 0.3) is 0 Å². The highest BCUT2D eigenvalue weighted by Crippen LogP contribution is 2.41. The predicted octanol–water partition coefficient (Wildman–Crippen LogP) is 2.49. The lowest BCUT2D eigenvalue weighted by Crippen LogP contribution is -2.36. The van der Waals surface area contributed by atoms with Crippen molar-refractivity contribution in [2.75, 3.05) is 6.61 Å². The molecule has 3 rings (SSSR count). The maximum Gasteiger partial charge on any atom is 0.249 e. The van der Waals surface area contributed by atoms with Gasteiger partial charge in [-0.1, -0.05) is 23.7 Å². The minimum absolute atomic E-state index is 0.0435. The van der Waals surface area contributed by atoms with Crippen molar-refractivity contribution in [2.24, 2.45) is 0 Å². The van der Waals surface area contributed by atoms with Crippen molar-refractivity contribution in [1.82, 2.24) is 5.32 Å². The number of amides is 1. The highest BCUT2D eigenvalue weighted by atomic mass is 35.5. The monoisotopic (exact) mass is 265 g/mol. The second-order valence-electron chi connectivity index (χ2n) is 5.01. The summed E-state index contributed by atoms with van der Waals surface area (Å²) in [5.74, 6) is 0.455. The lowest BCUT2D eigenvalue weighted by molar-refractivity contribution is -0.130. The van der Waals surface area contributed by atoms with E-state index in [1.54, 1.807) is 0 Å². The lowest BCUT2D eigenvalue weighted by atomic mass is 10.1. The summed E-state index contributed by atoms with van der Waals surface area (Å²) < 4.78 is 5.37. The Morgan fingerprint density at radius 3 is 3.06 bits per heavy atom. The number of benzene rings is 1. The summed E-state index contributed by atoms with van der Waals surface area (Å²) in [7, 11) is 0. The van der Waals surface area contributed by atoms with Crippen LogP contribution in [-0.4, -0.2) is 24.7 Å². The molecular weight excluding hydrogens is 250 g/mol. The van der Waals surface area contributed by atoms with E-state index in [0.29, 0.717) is 12.5 Å².